The van der Waals surface area contributed by atoms with Crippen molar-refractivity contribution in [2.75, 3.05) is 24.7 Å². The molecule has 9 heteroatoms. The van der Waals surface area contributed by atoms with Gasteiger partial charge in [0.05, 0.1) is 22.4 Å². The van der Waals surface area contributed by atoms with Crippen molar-refractivity contribution in [1.29, 1.82) is 0 Å². The van der Waals surface area contributed by atoms with Gasteiger partial charge in [-0.2, -0.15) is 8.42 Å². The number of rotatable bonds is 3. The van der Waals surface area contributed by atoms with Crippen molar-refractivity contribution in [3.05, 3.63) is 22.7 Å². The van der Waals surface area contributed by atoms with Crippen molar-refractivity contribution in [2.24, 2.45) is 4.40 Å². The number of anilines is 1. The lowest BCUT2D eigenvalue weighted by Crippen LogP contribution is -2.35. The van der Waals surface area contributed by atoms with Gasteiger partial charge in [0.25, 0.3) is 10.0 Å². The first kappa shape index (κ1) is 18.7. The molecule has 7 nitrogen and oxygen atoms in total. The molecule has 0 radical (unpaired) electrons. The van der Waals surface area contributed by atoms with Gasteiger partial charge in [-0.3, -0.25) is 0 Å². The molecule has 0 amide bonds. The van der Waals surface area contributed by atoms with Gasteiger partial charge in [-0.25, -0.2) is 4.79 Å². The second-order valence-electron chi connectivity index (χ2n) is 6.98. The number of esters is 1. The molecule has 0 saturated carbocycles. The van der Waals surface area contributed by atoms with Crippen LogP contribution in [0.15, 0.2) is 21.4 Å². The number of amidine groups is 1. The summed E-state index contributed by atoms with van der Waals surface area (Å²) in [5.74, 6) is -0.107. The Morgan fingerprint density at radius 2 is 2.15 bits per heavy atom. The van der Waals surface area contributed by atoms with Gasteiger partial charge in [0.1, 0.15) is 17.3 Å². The molecule has 1 aromatic rings. The predicted octanol–water partition coefficient (Wildman–Crippen LogP) is 3.16. The summed E-state index contributed by atoms with van der Waals surface area (Å²) >= 11 is 6.32. The zero-order chi connectivity index (χ0) is 19.0. The van der Waals surface area contributed by atoms with E-state index < -0.39 is 16.0 Å². The first-order valence-electron chi connectivity index (χ1n) is 9.19. The van der Waals surface area contributed by atoms with Crippen LogP contribution in [0.3, 0.4) is 0 Å². The molecule has 27 heavy (non-hydrogen) atoms. The van der Waals surface area contributed by atoms with E-state index in [2.05, 4.69) is 4.40 Å². The van der Waals surface area contributed by atoms with Crippen LogP contribution in [0.25, 0.3) is 0 Å². The highest BCUT2D eigenvalue weighted by molar-refractivity contribution is 7.90. The van der Waals surface area contributed by atoms with Gasteiger partial charge < -0.3 is 14.4 Å². The van der Waals surface area contributed by atoms with E-state index in [1.807, 2.05) is 4.90 Å². The summed E-state index contributed by atoms with van der Waals surface area (Å²) in [5, 5.41) is 0.173. The lowest BCUT2D eigenvalue weighted by Gasteiger charge is -2.30. The molecule has 1 atom stereocenters. The monoisotopic (exact) mass is 412 g/mol. The molecule has 0 aliphatic carbocycles. The van der Waals surface area contributed by atoms with Crippen molar-refractivity contribution in [3.8, 4) is 0 Å². The number of ether oxygens (including phenoxy) is 2. The fourth-order valence-corrected chi connectivity index (χ4v) is 5.18. The van der Waals surface area contributed by atoms with Crippen LogP contribution in [-0.4, -0.2) is 46.1 Å². The minimum atomic E-state index is -3.88. The molecule has 0 aromatic heterocycles. The number of sulfonamides is 1. The maximum Gasteiger partial charge on any atom is 0.339 e. The average molecular weight is 413 g/mol. The van der Waals surface area contributed by atoms with Gasteiger partial charge >= 0.3 is 5.97 Å². The fourth-order valence-electron chi connectivity index (χ4n) is 3.68. The first-order chi connectivity index (χ1) is 13.0. The van der Waals surface area contributed by atoms with Gasteiger partial charge in [-0.1, -0.05) is 18.0 Å². The summed E-state index contributed by atoms with van der Waals surface area (Å²) in [7, 11) is -3.88. The minimum Gasteiger partial charge on any atom is -0.459 e. The Hall–Kier alpha value is -1.64. The normalized spacial score (nSPS) is 23.8. The number of nitrogens with zero attached hydrogens (tertiary/aromatic N) is 2. The molecule has 3 heterocycles. The van der Waals surface area contributed by atoms with Gasteiger partial charge in [-0.05, 0) is 37.8 Å². The van der Waals surface area contributed by atoms with Gasteiger partial charge in [0.15, 0.2) is 0 Å². The number of benzene rings is 1. The van der Waals surface area contributed by atoms with E-state index in [1.54, 1.807) is 0 Å². The Balaban J connectivity index is 1.65. The summed E-state index contributed by atoms with van der Waals surface area (Å²) in [5.41, 5.74) is 0.521. The quantitative estimate of drug-likeness (QED) is 0.709. The summed E-state index contributed by atoms with van der Waals surface area (Å²) < 4.78 is 40.0. The van der Waals surface area contributed by atoms with E-state index in [1.165, 1.54) is 12.1 Å². The molecule has 1 aromatic carbocycles. The topological polar surface area (TPSA) is 85.3 Å². The summed E-state index contributed by atoms with van der Waals surface area (Å²) in [6.45, 7) is 1.48. The number of carbonyl (C=O) groups is 1. The lowest BCUT2D eigenvalue weighted by atomic mass is 10.1. The van der Waals surface area contributed by atoms with Gasteiger partial charge in [0.2, 0.25) is 0 Å². The molecule has 0 unspecified atom stereocenters. The van der Waals surface area contributed by atoms with Crippen LogP contribution >= 0.6 is 11.6 Å². The maximum atomic E-state index is 12.7. The van der Waals surface area contributed by atoms with Crippen LogP contribution in [0, 0.1) is 0 Å². The van der Waals surface area contributed by atoms with E-state index in [4.69, 9.17) is 21.1 Å². The molecule has 4 rings (SSSR count). The molecule has 2 fully saturated rings. The van der Waals surface area contributed by atoms with Crippen LogP contribution in [0.4, 0.5) is 5.69 Å². The van der Waals surface area contributed by atoms with Crippen molar-refractivity contribution >= 4 is 39.1 Å². The smallest absolute Gasteiger partial charge is 0.339 e. The molecule has 0 bridgehead atoms. The Morgan fingerprint density at radius 1 is 1.30 bits per heavy atom. The molecule has 3 aliphatic rings. The maximum absolute atomic E-state index is 12.7. The third kappa shape index (κ3) is 3.70. The third-order valence-electron chi connectivity index (χ3n) is 5.08. The number of hydrogen-bond acceptors (Lipinski definition) is 6. The van der Waals surface area contributed by atoms with E-state index >= 15 is 0 Å². The van der Waals surface area contributed by atoms with Crippen molar-refractivity contribution in [2.45, 2.75) is 49.5 Å². The van der Waals surface area contributed by atoms with Crippen LogP contribution in [0.5, 0.6) is 0 Å². The van der Waals surface area contributed by atoms with Gasteiger partial charge in [-0.15, -0.1) is 4.40 Å². The van der Waals surface area contributed by atoms with Crippen LogP contribution in [0.1, 0.15) is 48.9 Å². The van der Waals surface area contributed by atoms with E-state index in [9.17, 15) is 13.2 Å². The average Bonchev–Trinajstić information content (AvgIpc) is 3.04. The Bertz CT molecular complexity index is 893. The largest absolute Gasteiger partial charge is 0.459 e. The molecule has 0 spiro atoms. The lowest BCUT2D eigenvalue weighted by molar-refractivity contribution is 0.0161. The van der Waals surface area contributed by atoms with E-state index in [-0.39, 0.29) is 28.2 Å². The van der Waals surface area contributed by atoms with Gasteiger partial charge in [0, 0.05) is 19.6 Å². The highest BCUT2D eigenvalue weighted by atomic mass is 35.5. The van der Waals surface area contributed by atoms with Crippen molar-refractivity contribution in [1.82, 2.24) is 0 Å². The van der Waals surface area contributed by atoms with E-state index in [0.29, 0.717) is 31.1 Å². The predicted molar refractivity (Wildman–Crippen MR) is 101 cm³/mol. The van der Waals surface area contributed by atoms with Crippen LogP contribution in [0.2, 0.25) is 5.02 Å². The Kier molecular flexibility index (Phi) is 5.13. The third-order valence-corrected chi connectivity index (χ3v) is 6.73. The second kappa shape index (κ2) is 7.41. The fraction of sp³-hybridized carbons (Fsp3) is 0.556. The SMILES string of the molecule is O=C(OC[C@@H]1CCCO1)c1cc2c(cc1Cl)N1CCCCCC1=NS2(=O)=O. The first-order valence-corrected chi connectivity index (χ1v) is 11.0. The minimum absolute atomic E-state index is 0.00150. The van der Waals surface area contributed by atoms with Crippen molar-refractivity contribution in [3.63, 3.8) is 0 Å². The van der Waals surface area contributed by atoms with Crippen molar-refractivity contribution < 1.29 is 22.7 Å². The molecular weight excluding hydrogens is 392 g/mol. The second-order valence-corrected chi connectivity index (χ2v) is 8.96. The molecular formula is C18H21ClN2O5S. The highest BCUT2D eigenvalue weighted by Gasteiger charge is 2.33. The summed E-state index contributed by atoms with van der Waals surface area (Å²) in [6.07, 6.45) is 5.15. The Labute approximate surface area is 163 Å². The number of halogens is 1. The summed E-state index contributed by atoms with van der Waals surface area (Å²) in [4.78, 5) is 14.4. The Morgan fingerprint density at radius 3 is 2.93 bits per heavy atom. The molecule has 3 aliphatic heterocycles. The highest BCUT2D eigenvalue weighted by Crippen LogP contribution is 2.38. The number of hydrogen-bond donors (Lipinski definition) is 0. The molecule has 0 N–H and O–H groups in total. The van der Waals surface area contributed by atoms with Crippen LogP contribution < -0.4 is 4.90 Å². The number of fused-ring (bicyclic) bond motifs is 3. The molecule has 2 saturated heterocycles. The zero-order valence-corrected chi connectivity index (χ0v) is 16.4. The zero-order valence-electron chi connectivity index (χ0n) is 14.8. The number of carbonyl (C=O) groups excluding carboxylic acids is 1. The summed E-state index contributed by atoms with van der Waals surface area (Å²) in [6, 6.07) is 2.83. The van der Waals surface area contributed by atoms with Crippen LogP contribution in [-0.2, 0) is 19.5 Å². The molecule has 146 valence electrons. The van der Waals surface area contributed by atoms with E-state index in [0.717, 1.165) is 32.1 Å². The standard InChI is InChI=1S/C18H21ClN2O5S/c19-14-10-15-16(9-13(14)18(22)26-11-12-5-4-8-25-12)27(23,24)20-17-6-2-1-3-7-21(15)17/h9-10,12H,1-8,11H2/t12-/m0/s1.